The molecule has 0 atom stereocenters. The molecule has 0 heterocycles. The van der Waals surface area contributed by atoms with Gasteiger partial charge in [-0.15, -0.1) is 0 Å². The van der Waals surface area contributed by atoms with Gasteiger partial charge in [0, 0.05) is 10.6 Å². The van der Waals surface area contributed by atoms with Gasteiger partial charge in [0.25, 0.3) is 0 Å². The summed E-state index contributed by atoms with van der Waals surface area (Å²) < 4.78 is 0. The van der Waals surface area contributed by atoms with Crippen molar-refractivity contribution in [3.63, 3.8) is 0 Å². The molecule has 2 aromatic carbocycles. The van der Waals surface area contributed by atoms with E-state index in [1.165, 1.54) is 0 Å². The van der Waals surface area contributed by atoms with Gasteiger partial charge in [0.1, 0.15) is 5.75 Å². The van der Waals surface area contributed by atoms with Crippen molar-refractivity contribution < 1.29 is 9.94 Å². The molecule has 3 nitrogen and oxygen atoms in total. The predicted molar refractivity (Wildman–Crippen MR) is 59.6 cm³/mol. The fraction of sp³-hybridized carbons (Fsp3) is 0.0909. The molecule has 0 radical (unpaired) electrons. The Morgan fingerprint density at radius 3 is 2.80 bits per heavy atom. The van der Waals surface area contributed by atoms with Gasteiger partial charge >= 0.3 is 0 Å². The SMILES string of the molecule is NOCc1c(O)ccc2cc(Cl)ccc12. The van der Waals surface area contributed by atoms with Gasteiger partial charge in [-0.25, -0.2) is 5.90 Å². The van der Waals surface area contributed by atoms with Gasteiger partial charge in [0.15, 0.2) is 0 Å². The van der Waals surface area contributed by atoms with E-state index in [1.54, 1.807) is 18.2 Å². The molecule has 15 heavy (non-hydrogen) atoms. The van der Waals surface area contributed by atoms with Crippen molar-refractivity contribution in [2.24, 2.45) is 5.90 Å². The van der Waals surface area contributed by atoms with E-state index in [2.05, 4.69) is 4.84 Å². The molecule has 0 spiro atoms. The van der Waals surface area contributed by atoms with Crippen LogP contribution in [-0.4, -0.2) is 5.11 Å². The van der Waals surface area contributed by atoms with E-state index in [0.29, 0.717) is 10.6 Å². The smallest absolute Gasteiger partial charge is 0.121 e. The summed E-state index contributed by atoms with van der Waals surface area (Å²) in [4.78, 5) is 4.55. The van der Waals surface area contributed by atoms with Gasteiger partial charge < -0.3 is 5.11 Å². The lowest BCUT2D eigenvalue weighted by atomic mass is 10.0. The predicted octanol–water partition coefficient (Wildman–Crippen LogP) is 2.59. The highest BCUT2D eigenvalue weighted by Gasteiger charge is 2.06. The van der Waals surface area contributed by atoms with Crippen LogP contribution in [0.25, 0.3) is 10.8 Å². The lowest BCUT2D eigenvalue weighted by molar-refractivity contribution is 0.123. The third kappa shape index (κ3) is 1.90. The Labute approximate surface area is 92.0 Å². The summed E-state index contributed by atoms with van der Waals surface area (Å²) in [5.74, 6) is 5.19. The minimum absolute atomic E-state index is 0.171. The second-order valence-electron chi connectivity index (χ2n) is 3.24. The van der Waals surface area contributed by atoms with E-state index in [1.807, 2.05) is 12.1 Å². The number of rotatable bonds is 2. The maximum absolute atomic E-state index is 9.64. The molecule has 0 fully saturated rings. The molecule has 3 N–H and O–H groups in total. The molecule has 0 aliphatic carbocycles. The number of halogens is 1. The topological polar surface area (TPSA) is 55.5 Å². The van der Waals surface area contributed by atoms with Crippen LogP contribution >= 0.6 is 11.6 Å². The van der Waals surface area contributed by atoms with Gasteiger partial charge in [-0.2, -0.15) is 0 Å². The van der Waals surface area contributed by atoms with E-state index in [0.717, 1.165) is 10.8 Å². The highest BCUT2D eigenvalue weighted by molar-refractivity contribution is 6.31. The van der Waals surface area contributed by atoms with Crippen molar-refractivity contribution >= 4 is 22.4 Å². The van der Waals surface area contributed by atoms with Crippen LogP contribution in [-0.2, 0) is 11.4 Å². The Morgan fingerprint density at radius 2 is 2.07 bits per heavy atom. The lowest BCUT2D eigenvalue weighted by Crippen LogP contribution is -1.99. The summed E-state index contributed by atoms with van der Waals surface area (Å²) in [5.41, 5.74) is 0.673. The zero-order chi connectivity index (χ0) is 10.8. The maximum Gasteiger partial charge on any atom is 0.121 e. The Hall–Kier alpha value is -1.29. The van der Waals surface area contributed by atoms with E-state index < -0.39 is 0 Å². The summed E-state index contributed by atoms with van der Waals surface area (Å²) in [6.45, 7) is 0.171. The number of nitrogens with two attached hydrogens (primary N) is 1. The second kappa shape index (κ2) is 4.06. The highest BCUT2D eigenvalue weighted by atomic mass is 35.5. The molecular formula is C11H10ClNO2. The minimum atomic E-state index is 0.171. The fourth-order valence-corrected chi connectivity index (χ4v) is 1.77. The molecule has 78 valence electrons. The highest BCUT2D eigenvalue weighted by Crippen LogP contribution is 2.29. The summed E-state index contributed by atoms with van der Waals surface area (Å²) in [6.07, 6.45) is 0. The van der Waals surface area contributed by atoms with Crippen LogP contribution in [0.1, 0.15) is 5.56 Å². The number of benzene rings is 2. The molecule has 0 aliphatic rings. The summed E-state index contributed by atoms with van der Waals surface area (Å²) in [6, 6.07) is 8.84. The molecule has 0 aromatic heterocycles. The minimum Gasteiger partial charge on any atom is -0.508 e. The molecule has 2 aromatic rings. The van der Waals surface area contributed by atoms with Crippen LogP contribution < -0.4 is 5.90 Å². The summed E-state index contributed by atoms with van der Waals surface area (Å²) >= 11 is 5.87. The first-order chi connectivity index (χ1) is 7.22. The number of hydrogen-bond donors (Lipinski definition) is 2. The van der Waals surface area contributed by atoms with Crippen LogP contribution in [0.15, 0.2) is 30.3 Å². The normalized spacial score (nSPS) is 10.8. The standard InChI is InChI=1S/C11H10ClNO2/c12-8-2-3-9-7(5-8)1-4-11(14)10(9)6-15-13/h1-5,14H,6,13H2. The molecule has 0 aliphatic heterocycles. The van der Waals surface area contributed by atoms with Crippen LogP contribution in [0.2, 0.25) is 5.02 Å². The largest absolute Gasteiger partial charge is 0.508 e. The third-order valence-electron chi connectivity index (χ3n) is 2.30. The van der Waals surface area contributed by atoms with Crippen molar-refractivity contribution in [1.29, 1.82) is 0 Å². The molecular weight excluding hydrogens is 214 g/mol. The Kier molecular flexibility index (Phi) is 2.77. The maximum atomic E-state index is 9.64. The van der Waals surface area contributed by atoms with E-state index in [4.69, 9.17) is 17.5 Å². The first-order valence-electron chi connectivity index (χ1n) is 4.44. The molecule has 0 unspecified atom stereocenters. The number of aromatic hydroxyl groups is 1. The van der Waals surface area contributed by atoms with E-state index >= 15 is 0 Å². The average molecular weight is 224 g/mol. The molecule has 0 amide bonds. The Balaban J connectivity index is 2.70. The van der Waals surface area contributed by atoms with Gasteiger partial charge in [0.05, 0.1) is 6.61 Å². The fourth-order valence-electron chi connectivity index (χ4n) is 1.59. The van der Waals surface area contributed by atoms with Crippen LogP contribution in [0.5, 0.6) is 5.75 Å². The summed E-state index contributed by atoms with van der Waals surface area (Å²) in [5, 5.41) is 12.1. The zero-order valence-electron chi connectivity index (χ0n) is 7.90. The Bertz CT molecular complexity index is 499. The van der Waals surface area contributed by atoms with Gasteiger partial charge in [-0.3, -0.25) is 4.84 Å². The lowest BCUT2D eigenvalue weighted by Gasteiger charge is -2.07. The van der Waals surface area contributed by atoms with E-state index in [9.17, 15) is 5.11 Å². The van der Waals surface area contributed by atoms with Crippen molar-refractivity contribution in [3.05, 3.63) is 40.9 Å². The number of phenols is 1. The first-order valence-corrected chi connectivity index (χ1v) is 4.82. The number of hydrogen-bond acceptors (Lipinski definition) is 3. The van der Waals surface area contributed by atoms with Crippen molar-refractivity contribution in [2.45, 2.75) is 6.61 Å². The molecule has 2 rings (SSSR count). The molecule has 0 bridgehead atoms. The van der Waals surface area contributed by atoms with E-state index in [-0.39, 0.29) is 12.4 Å². The van der Waals surface area contributed by atoms with Crippen LogP contribution in [0.4, 0.5) is 0 Å². The zero-order valence-corrected chi connectivity index (χ0v) is 8.66. The monoisotopic (exact) mass is 223 g/mol. The summed E-state index contributed by atoms with van der Waals surface area (Å²) in [7, 11) is 0. The second-order valence-corrected chi connectivity index (χ2v) is 3.68. The van der Waals surface area contributed by atoms with Crippen molar-refractivity contribution in [3.8, 4) is 5.75 Å². The number of fused-ring (bicyclic) bond motifs is 1. The quantitative estimate of drug-likeness (QED) is 0.770. The number of phenolic OH excluding ortho intramolecular Hbond substituents is 1. The first kappa shape index (κ1) is 10.2. The molecule has 0 saturated heterocycles. The molecule has 4 heteroatoms. The third-order valence-corrected chi connectivity index (χ3v) is 2.53. The van der Waals surface area contributed by atoms with Gasteiger partial charge in [0.2, 0.25) is 0 Å². The van der Waals surface area contributed by atoms with Crippen molar-refractivity contribution in [2.75, 3.05) is 0 Å². The van der Waals surface area contributed by atoms with Gasteiger partial charge in [-0.05, 0) is 29.0 Å². The average Bonchev–Trinajstić information content (AvgIpc) is 2.22. The van der Waals surface area contributed by atoms with Gasteiger partial charge in [-0.1, -0.05) is 23.7 Å². The van der Waals surface area contributed by atoms with Crippen LogP contribution in [0.3, 0.4) is 0 Å². The molecule has 0 saturated carbocycles. The Morgan fingerprint density at radius 1 is 1.27 bits per heavy atom. The van der Waals surface area contributed by atoms with Crippen molar-refractivity contribution in [1.82, 2.24) is 0 Å². The van der Waals surface area contributed by atoms with Crippen LogP contribution in [0, 0.1) is 0 Å².